The van der Waals surface area contributed by atoms with Crippen molar-refractivity contribution in [3.05, 3.63) is 0 Å². The number of nitrogens with two attached hydrogens (primary N) is 1. The zero-order valence-electron chi connectivity index (χ0n) is 11.9. The number of amides is 2. The molecule has 0 spiro atoms. The van der Waals surface area contributed by atoms with Crippen molar-refractivity contribution in [2.24, 2.45) is 11.7 Å². The zero-order valence-corrected chi connectivity index (χ0v) is 11.9. The average Bonchev–Trinajstić information content (AvgIpc) is 2.92. The lowest BCUT2D eigenvalue weighted by molar-refractivity contribution is 0.174. The summed E-state index contributed by atoms with van der Waals surface area (Å²) in [5.74, 6) is 0.799. The van der Waals surface area contributed by atoms with E-state index in [2.05, 4.69) is 17.6 Å². The molecular weight excluding hydrogens is 242 g/mol. The number of hydrogen-bond acceptors (Lipinski definition) is 3. The van der Waals surface area contributed by atoms with Crippen LogP contribution in [0.25, 0.3) is 0 Å². The third-order valence-corrected chi connectivity index (χ3v) is 4.67. The molecule has 5 nitrogen and oxygen atoms in total. The molecule has 0 aromatic heterocycles. The summed E-state index contributed by atoms with van der Waals surface area (Å²) < 4.78 is 5.26. The summed E-state index contributed by atoms with van der Waals surface area (Å²) in [5, 5.41) is 6.10. The molecule has 1 unspecified atom stereocenters. The summed E-state index contributed by atoms with van der Waals surface area (Å²) in [5.41, 5.74) is 5.72. The summed E-state index contributed by atoms with van der Waals surface area (Å²) in [6.07, 6.45) is 6.46. The van der Waals surface area contributed by atoms with Crippen LogP contribution in [0.2, 0.25) is 0 Å². The molecule has 2 rings (SSSR count). The van der Waals surface area contributed by atoms with E-state index in [0.29, 0.717) is 13.2 Å². The van der Waals surface area contributed by atoms with E-state index in [1.165, 1.54) is 19.3 Å². The SMILES string of the molecule is CCC1CCC(CN)(NC(=O)NC2CCOC2)CC1. The minimum atomic E-state index is -0.199. The normalized spacial score (nSPS) is 35.1. The fraction of sp³-hybridized carbons (Fsp3) is 0.929. The predicted octanol–water partition coefficient (Wildman–Crippen LogP) is 1.37. The van der Waals surface area contributed by atoms with Crippen molar-refractivity contribution in [2.75, 3.05) is 19.8 Å². The molecule has 0 aromatic rings. The Morgan fingerprint density at radius 2 is 2.11 bits per heavy atom. The summed E-state index contributed by atoms with van der Waals surface area (Å²) in [7, 11) is 0. The molecule has 2 aliphatic rings. The van der Waals surface area contributed by atoms with Crippen LogP contribution < -0.4 is 16.4 Å². The fourth-order valence-corrected chi connectivity index (χ4v) is 3.13. The first-order valence-electron chi connectivity index (χ1n) is 7.54. The number of carbonyl (C=O) groups excluding carboxylic acids is 1. The summed E-state index contributed by atoms with van der Waals surface area (Å²) in [6, 6.07) is 0.0673. The fourth-order valence-electron chi connectivity index (χ4n) is 3.13. The molecule has 2 amide bonds. The minimum absolute atomic E-state index is 0.0871. The molecule has 2 fully saturated rings. The number of carbonyl (C=O) groups is 1. The van der Waals surface area contributed by atoms with Gasteiger partial charge in [-0.1, -0.05) is 13.3 Å². The Kier molecular flexibility index (Phi) is 5.05. The van der Waals surface area contributed by atoms with Crippen LogP contribution >= 0.6 is 0 Å². The zero-order chi connectivity index (χ0) is 13.7. The van der Waals surface area contributed by atoms with Crippen molar-refractivity contribution < 1.29 is 9.53 Å². The number of hydrogen-bond donors (Lipinski definition) is 3. The minimum Gasteiger partial charge on any atom is -0.379 e. The molecule has 1 heterocycles. The topological polar surface area (TPSA) is 76.4 Å². The largest absolute Gasteiger partial charge is 0.379 e. The number of urea groups is 1. The van der Waals surface area contributed by atoms with E-state index >= 15 is 0 Å². The molecule has 0 aromatic carbocycles. The number of rotatable bonds is 4. The van der Waals surface area contributed by atoms with E-state index in [0.717, 1.165) is 31.8 Å². The maximum atomic E-state index is 12.0. The summed E-state index contributed by atoms with van der Waals surface area (Å²) in [6.45, 7) is 4.13. The smallest absolute Gasteiger partial charge is 0.315 e. The first-order valence-corrected chi connectivity index (χ1v) is 7.54. The molecule has 1 saturated heterocycles. The van der Waals surface area contributed by atoms with Gasteiger partial charge in [0.1, 0.15) is 0 Å². The Morgan fingerprint density at radius 1 is 1.37 bits per heavy atom. The lowest BCUT2D eigenvalue weighted by Crippen LogP contribution is -2.59. The van der Waals surface area contributed by atoms with Gasteiger partial charge in [0.15, 0.2) is 0 Å². The molecule has 0 bridgehead atoms. The first kappa shape index (κ1) is 14.6. The van der Waals surface area contributed by atoms with E-state index in [1.807, 2.05) is 0 Å². The lowest BCUT2D eigenvalue weighted by atomic mass is 9.75. The Balaban J connectivity index is 1.82. The van der Waals surface area contributed by atoms with Gasteiger partial charge in [-0.3, -0.25) is 0 Å². The summed E-state index contributed by atoms with van der Waals surface area (Å²) >= 11 is 0. The Bertz CT molecular complexity index is 295. The van der Waals surface area contributed by atoms with E-state index in [-0.39, 0.29) is 17.6 Å². The predicted molar refractivity (Wildman–Crippen MR) is 74.9 cm³/mol. The molecule has 1 saturated carbocycles. The van der Waals surface area contributed by atoms with Gasteiger partial charge in [0, 0.05) is 13.2 Å². The monoisotopic (exact) mass is 269 g/mol. The third kappa shape index (κ3) is 3.83. The highest BCUT2D eigenvalue weighted by molar-refractivity contribution is 5.75. The molecule has 110 valence electrons. The standard InChI is InChI=1S/C14H27N3O2/c1-2-11-3-6-14(10-15,7-4-11)17-13(18)16-12-5-8-19-9-12/h11-12H,2-10,15H2,1H3,(H2,16,17,18). The Hall–Kier alpha value is -0.810. The van der Waals surface area contributed by atoms with Gasteiger partial charge in [-0.15, -0.1) is 0 Å². The number of nitrogens with one attached hydrogen (secondary N) is 2. The second-order valence-corrected chi connectivity index (χ2v) is 6.00. The van der Waals surface area contributed by atoms with Crippen LogP contribution in [0.3, 0.4) is 0 Å². The van der Waals surface area contributed by atoms with E-state index in [4.69, 9.17) is 10.5 Å². The van der Waals surface area contributed by atoms with Crippen molar-refractivity contribution in [3.8, 4) is 0 Å². The second kappa shape index (κ2) is 6.57. The maximum Gasteiger partial charge on any atom is 0.315 e. The molecule has 1 atom stereocenters. The third-order valence-electron chi connectivity index (χ3n) is 4.67. The molecule has 1 aliphatic carbocycles. The highest BCUT2D eigenvalue weighted by atomic mass is 16.5. The van der Waals surface area contributed by atoms with Gasteiger partial charge >= 0.3 is 6.03 Å². The van der Waals surface area contributed by atoms with Crippen LogP contribution in [-0.4, -0.2) is 37.4 Å². The van der Waals surface area contributed by atoms with E-state index in [1.54, 1.807) is 0 Å². The van der Waals surface area contributed by atoms with Crippen LogP contribution in [0, 0.1) is 5.92 Å². The van der Waals surface area contributed by atoms with Gasteiger partial charge in [0.05, 0.1) is 18.2 Å². The number of ether oxygens (including phenoxy) is 1. The van der Waals surface area contributed by atoms with Crippen molar-refractivity contribution >= 4 is 6.03 Å². The van der Waals surface area contributed by atoms with Crippen molar-refractivity contribution in [1.82, 2.24) is 10.6 Å². The first-order chi connectivity index (χ1) is 9.17. The molecule has 1 aliphatic heterocycles. The van der Waals surface area contributed by atoms with Crippen LogP contribution in [0.4, 0.5) is 4.79 Å². The molecule has 19 heavy (non-hydrogen) atoms. The second-order valence-electron chi connectivity index (χ2n) is 6.00. The van der Waals surface area contributed by atoms with Gasteiger partial charge in [-0.25, -0.2) is 4.79 Å². The Morgan fingerprint density at radius 3 is 2.63 bits per heavy atom. The maximum absolute atomic E-state index is 12.0. The molecule has 4 N–H and O–H groups in total. The Labute approximate surface area is 115 Å². The summed E-state index contributed by atoms with van der Waals surface area (Å²) in [4.78, 5) is 12.0. The van der Waals surface area contributed by atoms with E-state index < -0.39 is 0 Å². The van der Waals surface area contributed by atoms with Gasteiger partial charge in [0.25, 0.3) is 0 Å². The van der Waals surface area contributed by atoms with Crippen molar-refractivity contribution in [2.45, 2.75) is 57.0 Å². The highest BCUT2D eigenvalue weighted by Gasteiger charge is 2.35. The molecule has 0 radical (unpaired) electrons. The van der Waals surface area contributed by atoms with Crippen LogP contribution in [0.5, 0.6) is 0 Å². The highest BCUT2D eigenvalue weighted by Crippen LogP contribution is 2.33. The lowest BCUT2D eigenvalue weighted by Gasteiger charge is -2.40. The van der Waals surface area contributed by atoms with Crippen molar-refractivity contribution in [3.63, 3.8) is 0 Å². The van der Waals surface area contributed by atoms with Gasteiger partial charge in [-0.2, -0.15) is 0 Å². The van der Waals surface area contributed by atoms with Crippen LogP contribution in [0.15, 0.2) is 0 Å². The molecule has 5 heteroatoms. The molecular formula is C14H27N3O2. The van der Waals surface area contributed by atoms with Gasteiger partial charge < -0.3 is 21.1 Å². The van der Waals surface area contributed by atoms with Crippen LogP contribution in [-0.2, 0) is 4.74 Å². The average molecular weight is 269 g/mol. The quantitative estimate of drug-likeness (QED) is 0.721. The van der Waals surface area contributed by atoms with Crippen LogP contribution in [0.1, 0.15) is 45.4 Å². The van der Waals surface area contributed by atoms with Gasteiger partial charge in [0.2, 0.25) is 0 Å². The van der Waals surface area contributed by atoms with Crippen molar-refractivity contribution in [1.29, 1.82) is 0 Å². The van der Waals surface area contributed by atoms with Gasteiger partial charge in [-0.05, 0) is 38.0 Å². The van der Waals surface area contributed by atoms with E-state index in [9.17, 15) is 4.79 Å².